The lowest BCUT2D eigenvalue weighted by Crippen LogP contribution is -2.58. The van der Waals surface area contributed by atoms with E-state index in [1.165, 1.54) is 25.5 Å². The first kappa shape index (κ1) is 51.1. The second-order valence-electron chi connectivity index (χ2n) is 22.6. The van der Waals surface area contributed by atoms with Crippen LogP contribution in [-0.4, -0.2) is 151 Å². The lowest BCUT2D eigenvalue weighted by molar-refractivity contribution is -0.136. The molecule has 6 aliphatic heterocycles. The zero-order chi connectivity index (χ0) is 55.1. The van der Waals surface area contributed by atoms with Crippen LogP contribution in [0, 0.1) is 5.82 Å². The van der Waals surface area contributed by atoms with Gasteiger partial charge in [0.05, 0.1) is 46.0 Å². The fourth-order valence-electron chi connectivity index (χ4n) is 13.3. The summed E-state index contributed by atoms with van der Waals surface area (Å²) in [5.74, 6) is -2.55. The number of imidazole rings is 1. The Hall–Kier alpha value is -8.39. The molecule has 20 heteroatoms. The van der Waals surface area contributed by atoms with Gasteiger partial charge < -0.3 is 34.4 Å². The Morgan fingerprint density at radius 3 is 2.14 bits per heavy atom. The highest BCUT2D eigenvalue weighted by molar-refractivity contribution is 6.24. The molecule has 3 aromatic heterocycles. The molecule has 19 nitrogen and oxygen atoms in total. The maximum absolute atomic E-state index is 15.3. The number of aromatic nitrogens is 4. The highest BCUT2D eigenvalue weighted by Crippen LogP contribution is 2.52. The van der Waals surface area contributed by atoms with Crippen molar-refractivity contribution in [3.05, 3.63) is 125 Å². The van der Waals surface area contributed by atoms with Crippen LogP contribution in [-0.2, 0) is 19.8 Å². The normalized spacial score (nSPS) is 22.1. The Bertz CT molecular complexity index is 3560. The second-order valence-corrected chi connectivity index (χ2v) is 22.6. The first-order valence-corrected chi connectivity index (χ1v) is 28.0. The van der Waals surface area contributed by atoms with Crippen LogP contribution >= 0.6 is 0 Å². The van der Waals surface area contributed by atoms with E-state index in [4.69, 9.17) is 9.97 Å². The highest BCUT2D eigenvalue weighted by Gasteiger charge is 2.56. The summed E-state index contributed by atoms with van der Waals surface area (Å²) in [5, 5.41) is 5.45. The number of hydrogen-bond acceptors (Lipinski definition) is 13. The third-order valence-electron chi connectivity index (χ3n) is 17.8. The number of likely N-dealkylation sites (tertiary alicyclic amines) is 2. The molecule has 7 aliphatic rings. The molecule has 410 valence electrons. The van der Waals surface area contributed by atoms with E-state index in [-0.39, 0.29) is 59.5 Å². The summed E-state index contributed by atoms with van der Waals surface area (Å²) < 4.78 is 17.1. The number of rotatable bonds is 10. The van der Waals surface area contributed by atoms with Crippen LogP contribution in [0.2, 0.25) is 0 Å². The number of pyridine rings is 2. The zero-order valence-corrected chi connectivity index (χ0v) is 44.7. The predicted octanol–water partition coefficient (Wildman–Crippen LogP) is 6.86. The standard InChI is InChI=1S/C60H61FN12O7/c1-35(2)71-34-63-48-32-47(65-53(52(48)71)64-46-16-19-62-33-45(46)61)38-10-13-44-50(28-38)72(41-29-40(30-41)67-20-4-3-5-21-67)59(80)60(44)17-22-69(23-18-60)55(76)36-6-8-37(9-7-36)56(77)70-26-24-68(25-27-70)39-11-12-42-43(31-39)58(79)73(57(42)78)49-14-15-51(74)66-54(49)75/h6-13,16,19,28,31-35,40-41,49H,3-5,14-15,17-18,20-27,29-30H2,1-2H3,(H,62,64,65)(H,66,74,75)/t40?,41?,49-/m1/s1. The van der Waals surface area contributed by atoms with E-state index in [9.17, 15) is 28.8 Å². The molecule has 3 aromatic carbocycles. The summed E-state index contributed by atoms with van der Waals surface area (Å²) in [6.07, 6.45) is 10.9. The van der Waals surface area contributed by atoms with E-state index in [0.717, 1.165) is 59.4 Å². The van der Waals surface area contributed by atoms with Crippen LogP contribution in [0.5, 0.6) is 0 Å². The molecular formula is C60H61FN12O7. The summed E-state index contributed by atoms with van der Waals surface area (Å²) in [4.78, 5) is 119. The summed E-state index contributed by atoms with van der Waals surface area (Å²) in [6, 6.07) is 20.9. The van der Waals surface area contributed by atoms with Gasteiger partial charge in [-0.1, -0.05) is 18.6 Å². The maximum atomic E-state index is 15.3. The van der Waals surface area contributed by atoms with Gasteiger partial charge in [0.2, 0.25) is 17.7 Å². The summed E-state index contributed by atoms with van der Waals surface area (Å²) in [7, 11) is 0. The van der Waals surface area contributed by atoms with Gasteiger partial charge in [-0.25, -0.2) is 14.4 Å². The van der Waals surface area contributed by atoms with Gasteiger partial charge in [-0.05, 0) is 138 Å². The molecular weight excluding hydrogens is 1020 g/mol. The van der Waals surface area contributed by atoms with Gasteiger partial charge in [0.25, 0.3) is 23.6 Å². The SMILES string of the molecule is CC(C)n1cnc2cc(-c3ccc4c(c3)N(C3CC(N5CCCCC5)C3)C(=O)C43CCN(C(=O)c4ccc(C(=O)N5CCN(c6ccc7c(c6)C(=O)N([C@@H]6CCC(=O)NC6=O)C7=O)CC5)cc4)CC3)nc(Nc3ccncc3F)c21. The van der Waals surface area contributed by atoms with Crippen molar-refractivity contribution in [2.45, 2.75) is 101 Å². The first-order chi connectivity index (χ1) is 38.7. The summed E-state index contributed by atoms with van der Waals surface area (Å²) in [6.45, 7) is 8.75. The molecule has 0 bridgehead atoms. The summed E-state index contributed by atoms with van der Waals surface area (Å²) in [5.41, 5.74) is 6.14. The molecule has 13 rings (SSSR count). The van der Waals surface area contributed by atoms with Gasteiger partial charge in [0.1, 0.15) is 11.6 Å². The van der Waals surface area contributed by atoms with Gasteiger partial charge in [-0.2, -0.15) is 0 Å². The van der Waals surface area contributed by atoms with Crippen molar-refractivity contribution >= 4 is 75.3 Å². The maximum Gasteiger partial charge on any atom is 0.262 e. The number of halogens is 1. The number of benzene rings is 3. The van der Waals surface area contributed by atoms with Gasteiger partial charge in [-0.3, -0.25) is 48.8 Å². The van der Waals surface area contributed by atoms with Crippen LogP contribution in [0.1, 0.15) is 125 Å². The Morgan fingerprint density at radius 2 is 1.45 bits per heavy atom. The Kier molecular flexibility index (Phi) is 12.8. The lowest BCUT2D eigenvalue weighted by atomic mass is 9.73. The van der Waals surface area contributed by atoms with Crippen LogP contribution in [0.3, 0.4) is 0 Å². The number of piperidine rings is 3. The van der Waals surface area contributed by atoms with Crippen molar-refractivity contribution < 1.29 is 38.0 Å². The van der Waals surface area contributed by atoms with Crippen LogP contribution in [0.4, 0.5) is 27.3 Å². The lowest BCUT2D eigenvalue weighted by Gasteiger charge is -2.48. The molecule has 1 saturated carbocycles. The molecule has 80 heavy (non-hydrogen) atoms. The summed E-state index contributed by atoms with van der Waals surface area (Å²) >= 11 is 0. The average molecular weight is 1080 g/mol. The third-order valence-corrected chi connectivity index (χ3v) is 17.8. The monoisotopic (exact) mass is 1080 g/mol. The van der Waals surface area contributed by atoms with Crippen LogP contribution in [0.25, 0.3) is 22.3 Å². The molecule has 1 spiro atoms. The van der Waals surface area contributed by atoms with Gasteiger partial charge >= 0.3 is 0 Å². The number of hydrogen-bond donors (Lipinski definition) is 2. The van der Waals surface area contributed by atoms with Crippen molar-refractivity contribution in [2.75, 3.05) is 67.5 Å². The number of nitrogens with one attached hydrogen (secondary N) is 2. The van der Waals surface area contributed by atoms with Crippen LogP contribution in [0.15, 0.2) is 91.5 Å². The number of imide groups is 2. The minimum Gasteiger partial charge on any atom is -0.368 e. The predicted molar refractivity (Wildman–Crippen MR) is 295 cm³/mol. The van der Waals surface area contributed by atoms with Crippen molar-refractivity contribution in [3.8, 4) is 11.3 Å². The van der Waals surface area contributed by atoms with E-state index in [1.807, 2.05) is 26.5 Å². The van der Waals surface area contributed by atoms with Crippen molar-refractivity contribution in [1.82, 2.24) is 44.4 Å². The quantitative estimate of drug-likeness (QED) is 0.135. The van der Waals surface area contributed by atoms with Crippen LogP contribution < -0.4 is 20.4 Å². The number of anilines is 4. The highest BCUT2D eigenvalue weighted by atomic mass is 19.1. The van der Waals surface area contributed by atoms with Gasteiger partial charge in [0.15, 0.2) is 11.6 Å². The number of fused-ring (bicyclic) bond motifs is 4. The average Bonchev–Trinajstić information content (AvgIpc) is 4.04. The Balaban J connectivity index is 0.693. The van der Waals surface area contributed by atoms with E-state index in [1.54, 1.807) is 59.8 Å². The zero-order valence-electron chi connectivity index (χ0n) is 44.7. The third kappa shape index (κ3) is 8.65. The van der Waals surface area contributed by atoms with Crippen molar-refractivity contribution in [3.63, 3.8) is 0 Å². The number of carbonyl (C=O) groups excluding carboxylic acids is 7. The van der Waals surface area contributed by atoms with Gasteiger partial charge in [-0.15, -0.1) is 0 Å². The minimum atomic E-state index is -1.05. The molecule has 2 N–H and O–H groups in total. The molecule has 9 heterocycles. The van der Waals surface area contributed by atoms with Crippen molar-refractivity contribution in [2.24, 2.45) is 0 Å². The van der Waals surface area contributed by atoms with Gasteiger partial charge in [0, 0.05) is 98.1 Å². The molecule has 6 aromatic rings. The number of carbonyl (C=O) groups is 7. The van der Waals surface area contributed by atoms with Crippen molar-refractivity contribution in [1.29, 1.82) is 0 Å². The molecule has 5 fully saturated rings. The number of nitrogens with zero attached hydrogens (tertiary/aromatic N) is 10. The molecule has 1 aliphatic carbocycles. The fraction of sp³-hybridized carbons (Fsp3) is 0.400. The minimum absolute atomic E-state index is 0.0305. The first-order valence-electron chi connectivity index (χ1n) is 28.0. The van der Waals surface area contributed by atoms with E-state index in [2.05, 4.69) is 51.4 Å². The van der Waals surface area contributed by atoms with E-state index in [0.29, 0.717) is 92.0 Å². The smallest absolute Gasteiger partial charge is 0.262 e. The van der Waals surface area contributed by atoms with E-state index < -0.39 is 40.9 Å². The fourth-order valence-corrected chi connectivity index (χ4v) is 13.3. The largest absolute Gasteiger partial charge is 0.368 e. The molecule has 1 atom stereocenters. The number of piperazine rings is 1. The Labute approximate surface area is 461 Å². The second kappa shape index (κ2) is 20.1. The molecule has 0 radical (unpaired) electrons. The molecule has 0 unspecified atom stereocenters. The topological polar surface area (TPSA) is 207 Å². The number of amides is 7. The molecule has 7 amide bonds. The van der Waals surface area contributed by atoms with E-state index >= 15 is 9.18 Å². The molecule has 4 saturated heterocycles. The Morgan fingerprint density at radius 1 is 0.750 bits per heavy atom.